The molecule has 0 N–H and O–H groups in total. The molecule has 0 saturated carbocycles. The molecule has 3 heteroatoms. The van der Waals surface area contributed by atoms with Crippen LogP contribution in [0.25, 0.3) is 32.7 Å². The quantitative estimate of drug-likeness (QED) is 0.144. The van der Waals surface area contributed by atoms with Gasteiger partial charge >= 0.3 is 145 Å². The van der Waals surface area contributed by atoms with Gasteiger partial charge in [-0.25, -0.2) is 12.1 Å². The molecule has 0 spiro atoms. The van der Waals surface area contributed by atoms with E-state index in [9.17, 15) is 0 Å². The van der Waals surface area contributed by atoms with Gasteiger partial charge in [0.2, 0.25) is 0 Å². The van der Waals surface area contributed by atoms with Crippen LogP contribution in [-0.4, -0.2) is 3.26 Å². The van der Waals surface area contributed by atoms with Crippen LogP contribution in [-0.2, 0) is 41.1 Å². The van der Waals surface area contributed by atoms with E-state index in [1.165, 1.54) is 69.3 Å². The summed E-state index contributed by atoms with van der Waals surface area (Å²) >= 11 is 1.03. The van der Waals surface area contributed by atoms with Gasteiger partial charge in [0.15, 0.2) is 0 Å². The van der Waals surface area contributed by atoms with Crippen molar-refractivity contribution in [3.05, 3.63) is 185 Å². The first kappa shape index (κ1) is 39.3. The largest absolute Gasteiger partial charge is 0.214 e. The third kappa shape index (κ3) is 9.24. The summed E-state index contributed by atoms with van der Waals surface area (Å²) in [7, 11) is 0. The van der Waals surface area contributed by atoms with E-state index in [0.29, 0.717) is 0 Å². The molecule has 0 aliphatic heterocycles. The molecule has 0 amide bonds. The second-order valence-corrected chi connectivity index (χ2v) is 16.6. The smallest absolute Gasteiger partial charge is 0.172 e. The SMILES string of the molecule is CC(C)(C)c1[c-]c2c(cc1)-c1ccc(C(C)(C)C)cc1C2.[Cl-].[Cl-].[Hf+2]=[C](c1ccc2ccccc2c1)c1ccc2ccccc2c1.c1cc[cH-]c1. The van der Waals surface area contributed by atoms with Crippen molar-refractivity contribution in [2.24, 2.45) is 0 Å². The molecule has 7 aromatic carbocycles. The second kappa shape index (κ2) is 16.7. The van der Waals surface area contributed by atoms with E-state index in [-0.39, 0.29) is 35.6 Å². The van der Waals surface area contributed by atoms with Gasteiger partial charge < -0.3 is 24.8 Å². The Bertz CT molecular complexity index is 2030. The average molecular weight is 858 g/mol. The molecule has 0 radical (unpaired) electrons. The Morgan fingerprint density at radius 1 is 0.560 bits per heavy atom. The minimum Gasteiger partial charge on any atom is -0.214 e. The summed E-state index contributed by atoms with van der Waals surface area (Å²) in [5.74, 6) is 0. The fourth-order valence-electron chi connectivity index (χ4n) is 6.20. The number of rotatable bonds is 2. The number of halogens is 2. The summed E-state index contributed by atoms with van der Waals surface area (Å²) in [4.78, 5) is 0. The molecular weight excluding hydrogens is 814 g/mol. The fourth-order valence-corrected chi connectivity index (χ4v) is 7.32. The Morgan fingerprint density at radius 2 is 1.08 bits per heavy atom. The summed E-state index contributed by atoms with van der Waals surface area (Å²) in [5.41, 5.74) is 11.4. The summed E-state index contributed by atoms with van der Waals surface area (Å²) in [6.45, 7) is 13.6. The van der Waals surface area contributed by atoms with Crippen LogP contribution in [0.3, 0.4) is 0 Å². The topological polar surface area (TPSA) is 0 Å². The van der Waals surface area contributed by atoms with Crippen molar-refractivity contribution in [2.75, 3.05) is 0 Å². The Hall–Kier alpha value is -3.49. The van der Waals surface area contributed by atoms with E-state index in [1.807, 2.05) is 30.3 Å². The van der Waals surface area contributed by atoms with Crippen LogP contribution in [0.1, 0.15) is 74.9 Å². The Morgan fingerprint density at radius 3 is 1.56 bits per heavy atom. The molecule has 1 aliphatic carbocycles. The third-order valence-electron chi connectivity index (χ3n) is 9.10. The number of benzene rings is 6. The van der Waals surface area contributed by atoms with Crippen LogP contribution >= 0.6 is 0 Å². The molecule has 252 valence electrons. The third-order valence-corrected chi connectivity index (χ3v) is 11.2. The summed E-state index contributed by atoms with van der Waals surface area (Å²) in [6.07, 6.45) is 1.03. The van der Waals surface area contributed by atoms with Gasteiger partial charge in [-0.05, 0) is 28.4 Å². The van der Waals surface area contributed by atoms with Gasteiger partial charge in [0.05, 0.1) is 0 Å². The number of hydrogen-bond donors (Lipinski definition) is 0. The van der Waals surface area contributed by atoms with E-state index in [1.54, 1.807) is 0 Å². The van der Waals surface area contributed by atoms with Crippen LogP contribution in [0.4, 0.5) is 0 Å². The van der Waals surface area contributed by atoms with Gasteiger partial charge in [0.1, 0.15) is 0 Å². The number of fused-ring (bicyclic) bond motifs is 5. The van der Waals surface area contributed by atoms with Gasteiger partial charge in [0.25, 0.3) is 0 Å². The minimum atomic E-state index is 0. The maximum atomic E-state index is 3.67. The zero-order valence-corrected chi connectivity index (χ0v) is 34.9. The molecule has 0 unspecified atom stereocenters. The van der Waals surface area contributed by atoms with Crippen molar-refractivity contribution in [2.45, 2.75) is 58.8 Å². The number of hydrogen-bond acceptors (Lipinski definition) is 0. The van der Waals surface area contributed by atoms with E-state index in [2.05, 4.69) is 163 Å². The van der Waals surface area contributed by atoms with Crippen LogP contribution in [0.5, 0.6) is 0 Å². The van der Waals surface area contributed by atoms with Crippen molar-refractivity contribution < 1.29 is 48.7 Å². The molecule has 0 atom stereocenters. The van der Waals surface area contributed by atoms with Crippen molar-refractivity contribution in [1.29, 1.82) is 0 Å². The zero-order chi connectivity index (χ0) is 33.9. The molecule has 7 aromatic rings. The average Bonchev–Trinajstić information content (AvgIpc) is 3.79. The Kier molecular flexibility index (Phi) is 13.1. The first-order chi connectivity index (χ1) is 23.0. The molecule has 0 bridgehead atoms. The van der Waals surface area contributed by atoms with Crippen molar-refractivity contribution in [3.8, 4) is 11.1 Å². The van der Waals surface area contributed by atoms with Crippen LogP contribution in [0.15, 0.2) is 146 Å². The Labute approximate surface area is 326 Å². The molecular formula is C47H44Cl2Hf-2. The van der Waals surface area contributed by atoms with E-state index >= 15 is 0 Å². The first-order valence-corrected chi connectivity index (χ1v) is 18.7. The van der Waals surface area contributed by atoms with Crippen LogP contribution in [0, 0.1) is 6.07 Å². The molecule has 50 heavy (non-hydrogen) atoms. The van der Waals surface area contributed by atoms with Gasteiger partial charge in [-0.2, -0.15) is 42.0 Å². The van der Waals surface area contributed by atoms with Crippen LogP contribution in [0.2, 0.25) is 0 Å². The van der Waals surface area contributed by atoms with Crippen molar-refractivity contribution in [1.82, 2.24) is 0 Å². The summed E-state index contributed by atoms with van der Waals surface area (Å²) in [5, 5.41) is 5.24. The van der Waals surface area contributed by atoms with Crippen LogP contribution < -0.4 is 24.8 Å². The predicted octanol–water partition coefficient (Wildman–Crippen LogP) is 6.18. The molecule has 8 rings (SSSR count). The normalized spacial score (nSPS) is 11.5. The molecule has 0 aromatic heterocycles. The molecule has 0 nitrogen and oxygen atoms in total. The molecule has 1 aliphatic rings. The Balaban J connectivity index is 0.000000190. The van der Waals surface area contributed by atoms with Crippen molar-refractivity contribution >= 4 is 24.8 Å². The standard InChI is InChI=1S/C21H14.C21H25.C5H5.2ClH.Hf/c1-3-7-20-14-16(9-11-18(20)5-1)13-17-10-12-19-6-2-4-8-21(19)15-17;1-20(2,3)16-7-9-18-14(12-16)11-15-13-17(21(4,5)6)8-10-19(15)18;1-2-4-5-3-1;;;/h1-12,14-15H;7-10,12H,11H2,1-6H3;1-5H;2*1H;/q;2*-1;;;+2/p-2. The predicted molar refractivity (Wildman–Crippen MR) is 204 cm³/mol. The second-order valence-electron chi connectivity index (χ2n) is 14.8. The van der Waals surface area contributed by atoms with Gasteiger partial charge in [-0.1, -0.05) is 65.3 Å². The maximum Gasteiger partial charge on any atom is -0.172 e. The van der Waals surface area contributed by atoms with Crippen molar-refractivity contribution in [3.63, 3.8) is 0 Å². The van der Waals surface area contributed by atoms with E-state index in [4.69, 9.17) is 0 Å². The fraction of sp³-hybridized carbons (Fsp3) is 0.191. The monoisotopic (exact) mass is 858 g/mol. The first-order valence-electron chi connectivity index (χ1n) is 16.9. The maximum absolute atomic E-state index is 3.67. The molecule has 0 fully saturated rings. The zero-order valence-electron chi connectivity index (χ0n) is 29.8. The van der Waals surface area contributed by atoms with Gasteiger partial charge in [-0.3, -0.25) is 0 Å². The minimum absolute atomic E-state index is 0. The summed E-state index contributed by atoms with van der Waals surface area (Å²) in [6, 6.07) is 55.9. The molecule has 0 saturated heterocycles. The van der Waals surface area contributed by atoms with Gasteiger partial charge in [0, 0.05) is 0 Å². The van der Waals surface area contributed by atoms with Gasteiger partial charge in [-0.15, -0.1) is 11.1 Å². The molecule has 0 heterocycles. The van der Waals surface area contributed by atoms with E-state index in [0.717, 1.165) is 30.3 Å². The summed E-state index contributed by atoms with van der Waals surface area (Å²) < 4.78 is 1.46. The van der Waals surface area contributed by atoms with E-state index < -0.39 is 0 Å².